The Morgan fingerprint density at radius 1 is 0.309 bits per heavy atom. The molecule has 14 rings (SSSR count). The minimum Gasteiger partial charge on any atom is -0.310 e. The Balaban J connectivity index is 1.01. The first kappa shape index (κ1) is 50.4. The molecule has 0 saturated carbocycles. The molecule has 394 valence electrons. The number of anilines is 3. The number of hydrogen-bond acceptors (Lipinski definition) is 1. The molecule has 0 N–H and O–H groups in total. The molecule has 0 radical (unpaired) electrons. The molecule has 0 heterocycles. The maximum absolute atomic E-state index is 2.57. The van der Waals surface area contributed by atoms with E-state index in [0.29, 0.717) is 0 Å². The van der Waals surface area contributed by atoms with Gasteiger partial charge in [0.2, 0.25) is 0 Å². The lowest BCUT2D eigenvalue weighted by Gasteiger charge is -2.36. The van der Waals surface area contributed by atoms with E-state index in [1.807, 2.05) is 0 Å². The summed E-state index contributed by atoms with van der Waals surface area (Å²) in [6, 6.07) is 97.2. The van der Waals surface area contributed by atoms with Crippen LogP contribution >= 0.6 is 0 Å². The highest BCUT2D eigenvalue weighted by Crippen LogP contribution is 2.61. The Morgan fingerprint density at radius 2 is 0.765 bits per heavy atom. The van der Waals surface area contributed by atoms with Crippen LogP contribution in [0.1, 0.15) is 124 Å². The first-order valence-electron chi connectivity index (χ1n) is 29.1. The molecule has 1 nitrogen and oxygen atoms in total. The van der Waals surface area contributed by atoms with E-state index >= 15 is 0 Å². The smallest absolute Gasteiger partial charge is 0.0714 e. The van der Waals surface area contributed by atoms with Gasteiger partial charge in [0, 0.05) is 27.8 Å². The molecule has 0 fully saturated rings. The molecular formula is C80H69N. The molecular weight excluding hydrogens is 975 g/mol. The second-order valence-electron chi connectivity index (χ2n) is 25.7. The van der Waals surface area contributed by atoms with Crippen LogP contribution in [-0.4, -0.2) is 0 Å². The molecule has 0 amide bonds. The fourth-order valence-corrected chi connectivity index (χ4v) is 14.7. The molecule has 0 bridgehead atoms. The lowest BCUT2D eigenvalue weighted by Crippen LogP contribution is -2.30. The fraction of sp³-hybridized carbons (Fsp3) is 0.175. The van der Waals surface area contributed by atoms with E-state index in [-0.39, 0.29) is 21.7 Å². The fourth-order valence-electron chi connectivity index (χ4n) is 14.7. The zero-order chi connectivity index (χ0) is 55.6. The monoisotopic (exact) mass is 1040 g/mol. The summed E-state index contributed by atoms with van der Waals surface area (Å²) >= 11 is 0. The van der Waals surface area contributed by atoms with Gasteiger partial charge in [0.05, 0.1) is 11.1 Å². The number of fused-ring (bicyclic) bond motifs is 9. The molecule has 11 aromatic rings. The second-order valence-corrected chi connectivity index (χ2v) is 25.7. The quantitative estimate of drug-likeness (QED) is 0.147. The van der Waals surface area contributed by atoms with Gasteiger partial charge in [0.1, 0.15) is 0 Å². The van der Waals surface area contributed by atoms with Crippen LogP contribution in [0.4, 0.5) is 17.1 Å². The van der Waals surface area contributed by atoms with Gasteiger partial charge in [-0.3, -0.25) is 0 Å². The SMILES string of the molecule is CC(C)(C)c1cccc(C2(c3cccc(C(C)(C)C)c3)c3ccccc3-c3c(N(c4ccc(-c5ccccc5-c5cccc6c5C(C)(C)c5ccccc5-6)cc4)c4ccc5c(c4)C(C)(c4ccccc4)c4ccccc4-5)cccc32)c1. The van der Waals surface area contributed by atoms with Gasteiger partial charge in [-0.25, -0.2) is 0 Å². The largest absolute Gasteiger partial charge is 0.310 e. The van der Waals surface area contributed by atoms with Gasteiger partial charge >= 0.3 is 0 Å². The Hall–Kier alpha value is -8.78. The van der Waals surface area contributed by atoms with Crippen molar-refractivity contribution in [2.75, 3.05) is 4.90 Å². The maximum Gasteiger partial charge on any atom is 0.0714 e. The maximum atomic E-state index is 2.57. The molecule has 81 heavy (non-hydrogen) atoms. The lowest BCUT2D eigenvalue weighted by molar-refractivity contribution is 0.585. The standard InChI is InChI=1S/C80H69N/c1-76(2,3)54-27-21-29-56(49-54)80(57-30-22-28-55(50-57)77(4,5)6)70-40-20-17-35-67(70)74-71(80)41-24-42-73(74)81(59-47-48-64-62-33-16-19-39-69(62)79(9,72(64)51-59)53-25-11-10-12-26-53)58-45-43-52(44-46-58)60-31-13-14-32-61(60)65-36-23-37-66-63-34-15-18-38-68(63)78(7,8)75(65)66/h10-51H,1-9H3. The summed E-state index contributed by atoms with van der Waals surface area (Å²) in [4.78, 5) is 2.57. The van der Waals surface area contributed by atoms with Crippen LogP contribution in [-0.2, 0) is 27.1 Å². The minimum atomic E-state index is -0.622. The molecule has 0 spiro atoms. The average molecular weight is 1040 g/mol. The zero-order valence-electron chi connectivity index (χ0n) is 48.2. The van der Waals surface area contributed by atoms with Crippen LogP contribution in [0.3, 0.4) is 0 Å². The van der Waals surface area contributed by atoms with Crippen molar-refractivity contribution in [2.24, 2.45) is 0 Å². The highest BCUT2D eigenvalue weighted by atomic mass is 15.1. The second kappa shape index (κ2) is 18.4. The molecule has 11 aromatic carbocycles. The highest BCUT2D eigenvalue weighted by Gasteiger charge is 2.49. The van der Waals surface area contributed by atoms with Crippen molar-refractivity contribution in [2.45, 2.75) is 89.4 Å². The molecule has 3 aliphatic carbocycles. The molecule has 3 aliphatic rings. The van der Waals surface area contributed by atoms with Gasteiger partial charge in [-0.1, -0.05) is 280 Å². The third-order valence-corrected chi connectivity index (χ3v) is 18.8. The van der Waals surface area contributed by atoms with E-state index in [9.17, 15) is 0 Å². The van der Waals surface area contributed by atoms with E-state index in [4.69, 9.17) is 0 Å². The van der Waals surface area contributed by atoms with Crippen molar-refractivity contribution in [1.82, 2.24) is 0 Å². The van der Waals surface area contributed by atoms with Gasteiger partial charge in [-0.05, 0) is 159 Å². The van der Waals surface area contributed by atoms with Crippen LogP contribution < -0.4 is 4.90 Å². The van der Waals surface area contributed by atoms with E-state index in [2.05, 4.69) is 322 Å². The van der Waals surface area contributed by atoms with Gasteiger partial charge in [0.25, 0.3) is 0 Å². The summed E-state index contributed by atoms with van der Waals surface area (Å²) in [6.45, 7) is 21.2. The van der Waals surface area contributed by atoms with Crippen LogP contribution in [0.5, 0.6) is 0 Å². The van der Waals surface area contributed by atoms with Gasteiger partial charge in [0.15, 0.2) is 0 Å². The minimum absolute atomic E-state index is 0.0538. The summed E-state index contributed by atoms with van der Waals surface area (Å²) in [5.74, 6) is 0. The third kappa shape index (κ3) is 7.58. The highest BCUT2D eigenvalue weighted by molar-refractivity contribution is 5.99. The average Bonchev–Trinajstić information content (AvgIpc) is 3.49. The lowest BCUT2D eigenvalue weighted by atomic mass is 9.66. The summed E-state index contributed by atoms with van der Waals surface area (Å²) in [5, 5.41) is 0. The third-order valence-electron chi connectivity index (χ3n) is 18.8. The van der Waals surface area contributed by atoms with Crippen molar-refractivity contribution < 1.29 is 0 Å². The van der Waals surface area contributed by atoms with Crippen molar-refractivity contribution >= 4 is 17.1 Å². The van der Waals surface area contributed by atoms with Crippen LogP contribution in [0, 0.1) is 0 Å². The first-order chi connectivity index (χ1) is 39.1. The first-order valence-corrected chi connectivity index (χ1v) is 29.1. The summed E-state index contributed by atoms with van der Waals surface area (Å²) in [7, 11) is 0. The van der Waals surface area contributed by atoms with Crippen LogP contribution in [0.25, 0.3) is 55.6 Å². The molecule has 0 aromatic heterocycles. The van der Waals surface area contributed by atoms with Gasteiger partial charge < -0.3 is 4.90 Å². The van der Waals surface area contributed by atoms with E-state index < -0.39 is 5.41 Å². The summed E-state index contributed by atoms with van der Waals surface area (Å²) in [5.41, 5.74) is 29.3. The molecule has 0 aliphatic heterocycles. The van der Waals surface area contributed by atoms with E-state index in [1.54, 1.807) is 0 Å². The molecule has 1 atom stereocenters. The number of benzene rings is 11. The number of nitrogens with zero attached hydrogens (tertiary/aromatic N) is 1. The van der Waals surface area contributed by atoms with E-state index in [0.717, 1.165) is 17.1 Å². The van der Waals surface area contributed by atoms with Gasteiger partial charge in [-0.2, -0.15) is 0 Å². The number of rotatable bonds is 8. The van der Waals surface area contributed by atoms with Crippen molar-refractivity contribution in [3.05, 3.63) is 316 Å². The summed E-state index contributed by atoms with van der Waals surface area (Å²) in [6.07, 6.45) is 0. The van der Waals surface area contributed by atoms with E-state index in [1.165, 1.54) is 117 Å². The zero-order valence-corrected chi connectivity index (χ0v) is 48.2. The predicted octanol–water partition coefficient (Wildman–Crippen LogP) is 21.1. The molecule has 0 saturated heterocycles. The Kier molecular flexibility index (Phi) is 11.4. The Morgan fingerprint density at radius 3 is 1.41 bits per heavy atom. The van der Waals surface area contributed by atoms with Gasteiger partial charge in [-0.15, -0.1) is 0 Å². The normalized spacial score (nSPS) is 16.0. The Bertz CT molecular complexity index is 4230. The van der Waals surface area contributed by atoms with Crippen molar-refractivity contribution in [3.63, 3.8) is 0 Å². The predicted molar refractivity (Wildman–Crippen MR) is 342 cm³/mol. The van der Waals surface area contributed by atoms with Crippen molar-refractivity contribution in [3.8, 4) is 55.6 Å². The van der Waals surface area contributed by atoms with Crippen LogP contribution in [0.15, 0.2) is 255 Å². The topological polar surface area (TPSA) is 3.24 Å². The number of hydrogen-bond donors (Lipinski definition) is 0. The molecule has 1 heteroatoms. The van der Waals surface area contributed by atoms with Crippen molar-refractivity contribution in [1.29, 1.82) is 0 Å². The van der Waals surface area contributed by atoms with Crippen LogP contribution in [0.2, 0.25) is 0 Å². The summed E-state index contributed by atoms with van der Waals surface area (Å²) < 4.78 is 0. The Labute approximate surface area is 480 Å². The molecule has 1 unspecified atom stereocenters.